The van der Waals surface area contributed by atoms with Crippen LogP contribution in [0.5, 0.6) is 0 Å². The highest BCUT2D eigenvalue weighted by Gasteiger charge is 2.33. The van der Waals surface area contributed by atoms with Gasteiger partial charge in [0.25, 0.3) is 0 Å². The zero-order valence-electron chi connectivity index (χ0n) is 13.1. The molecule has 0 unspecified atom stereocenters. The number of aromatic nitrogens is 1. The van der Waals surface area contributed by atoms with Crippen LogP contribution < -0.4 is 4.90 Å². The van der Waals surface area contributed by atoms with E-state index >= 15 is 0 Å². The number of nitrogens with zero attached hydrogens (tertiary/aromatic N) is 3. The van der Waals surface area contributed by atoms with Crippen molar-refractivity contribution in [3.8, 4) is 0 Å². The minimum atomic E-state index is -0.459. The molecule has 0 saturated heterocycles. The number of carbonyl (C=O) groups excluding carboxylic acids is 1. The van der Waals surface area contributed by atoms with Crippen molar-refractivity contribution >= 4 is 22.6 Å². The van der Waals surface area contributed by atoms with Gasteiger partial charge in [0.05, 0.1) is 16.6 Å². The first-order valence-electron chi connectivity index (χ1n) is 6.85. The second kappa shape index (κ2) is 5.24. The number of thiazole rings is 1. The van der Waals surface area contributed by atoms with E-state index in [0.717, 1.165) is 17.2 Å². The lowest BCUT2D eigenvalue weighted by molar-refractivity contribution is 0.0162. The summed E-state index contributed by atoms with van der Waals surface area (Å²) in [5, 5.41) is 0.993. The van der Waals surface area contributed by atoms with E-state index in [0.29, 0.717) is 6.54 Å². The zero-order valence-corrected chi connectivity index (χ0v) is 13.9. The Morgan fingerprint density at radius 1 is 1.45 bits per heavy atom. The van der Waals surface area contributed by atoms with Crippen molar-refractivity contribution < 1.29 is 9.53 Å². The summed E-state index contributed by atoms with van der Waals surface area (Å²) in [6.45, 7) is 8.38. The fraction of sp³-hybridized carbons (Fsp3) is 0.714. The molecule has 6 heteroatoms. The normalized spacial score (nSPS) is 18.7. The van der Waals surface area contributed by atoms with E-state index in [-0.39, 0.29) is 12.1 Å². The summed E-state index contributed by atoms with van der Waals surface area (Å²) >= 11 is 1.66. The van der Waals surface area contributed by atoms with E-state index in [1.54, 1.807) is 16.2 Å². The topological polar surface area (TPSA) is 45.7 Å². The molecule has 0 bridgehead atoms. The largest absolute Gasteiger partial charge is 0.444 e. The van der Waals surface area contributed by atoms with E-state index < -0.39 is 5.60 Å². The lowest BCUT2D eigenvalue weighted by Gasteiger charge is -2.34. The van der Waals surface area contributed by atoms with Crippen LogP contribution in [0.25, 0.3) is 0 Å². The average Bonchev–Trinajstić information content (AvgIpc) is 2.71. The van der Waals surface area contributed by atoms with Gasteiger partial charge in [-0.1, -0.05) is 11.3 Å². The van der Waals surface area contributed by atoms with Crippen LogP contribution in [0.1, 0.15) is 44.3 Å². The summed E-state index contributed by atoms with van der Waals surface area (Å²) in [4.78, 5) is 21.9. The SMILES string of the molecule is C[C@@H]1c2sc(N(C)C)nc2CCN1C(=O)OC(C)(C)C. The van der Waals surface area contributed by atoms with Gasteiger partial charge in [0.2, 0.25) is 0 Å². The van der Waals surface area contributed by atoms with Gasteiger partial charge in [-0.05, 0) is 27.7 Å². The number of hydrogen-bond acceptors (Lipinski definition) is 5. The molecule has 0 radical (unpaired) electrons. The van der Waals surface area contributed by atoms with Gasteiger partial charge in [-0.3, -0.25) is 0 Å². The molecule has 0 aliphatic carbocycles. The van der Waals surface area contributed by atoms with E-state index in [2.05, 4.69) is 4.98 Å². The van der Waals surface area contributed by atoms with Crippen molar-refractivity contribution in [3.63, 3.8) is 0 Å². The van der Waals surface area contributed by atoms with Crippen LogP contribution >= 0.6 is 11.3 Å². The predicted octanol–water partition coefficient (Wildman–Crippen LogP) is 3.06. The summed E-state index contributed by atoms with van der Waals surface area (Å²) in [7, 11) is 3.97. The molecule has 2 heterocycles. The molecule has 0 spiro atoms. The van der Waals surface area contributed by atoms with Crippen LogP contribution in [0.4, 0.5) is 9.93 Å². The molecule has 0 N–H and O–H groups in total. The van der Waals surface area contributed by atoms with Crippen LogP contribution in [0.3, 0.4) is 0 Å². The molecular formula is C14H23N3O2S. The van der Waals surface area contributed by atoms with Crippen molar-refractivity contribution in [1.29, 1.82) is 0 Å². The maximum absolute atomic E-state index is 12.3. The molecular weight excluding hydrogens is 274 g/mol. The van der Waals surface area contributed by atoms with E-state index in [9.17, 15) is 4.79 Å². The summed E-state index contributed by atoms with van der Waals surface area (Å²) < 4.78 is 5.48. The van der Waals surface area contributed by atoms with Gasteiger partial charge >= 0.3 is 6.09 Å². The molecule has 20 heavy (non-hydrogen) atoms. The third kappa shape index (κ3) is 3.06. The Morgan fingerprint density at radius 3 is 2.65 bits per heavy atom. The molecule has 1 aliphatic rings. The van der Waals surface area contributed by atoms with Gasteiger partial charge in [-0.15, -0.1) is 0 Å². The Morgan fingerprint density at radius 2 is 2.10 bits per heavy atom. The van der Waals surface area contributed by atoms with Gasteiger partial charge in [0.1, 0.15) is 5.60 Å². The van der Waals surface area contributed by atoms with Gasteiger partial charge in [-0.2, -0.15) is 0 Å². The number of ether oxygens (including phenoxy) is 1. The Kier molecular flexibility index (Phi) is 3.95. The molecule has 0 fully saturated rings. The fourth-order valence-corrected chi connectivity index (χ4v) is 3.28. The third-order valence-corrected chi connectivity index (χ3v) is 4.60. The smallest absolute Gasteiger partial charge is 0.410 e. The minimum absolute atomic E-state index is 0.0276. The monoisotopic (exact) mass is 297 g/mol. The van der Waals surface area contributed by atoms with Crippen molar-refractivity contribution in [2.45, 2.75) is 45.8 Å². The highest BCUT2D eigenvalue weighted by atomic mass is 32.1. The van der Waals surface area contributed by atoms with Crippen molar-refractivity contribution in [2.75, 3.05) is 25.5 Å². The summed E-state index contributed by atoms with van der Waals surface area (Å²) in [5.74, 6) is 0. The first-order valence-corrected chi connectivity index (χ1v) is 7.67. The number of carbonyl (C=O) groups is 1. The first kappa shape index (κ1) is 15.1. The van der Waals surface area contributed by atoms with Gasteiger partial charge in [0, 0.05) is 27.1 Å². The standard InChI is InChI=1S/C14H23N3O2S/c1-9-11-10(15-12(20-11)16(5)6)7-8-17(9)13(18)19-14(2,3)4/h9H,7-8H2,1-6H3/t9-/m1/s1. The molecule has 112 valence electrons. The third-order valence-electron chi connectivity index (χ3n) is 3.16. The number of anilines is 1. The summed E-state index contributed by atoms with van der Waals surface area (Å²) in [6.07, 6.45) is 0.555. The van der Waals surface area contributed by atoms with Crippen LogP contribution in [0.2, 0.25) is 0 Å². The molecule has 0 saturated carbocycles. The van der Waals surface area contributed by atoms with E-state index in [4.69, 9.17) is 4.74 Å². The van der Waals surface area contributed by atoms with Crippen LogP contribution in [-0.4, -0.2) is 42.2 Å². The lowest BCUT2D eigenvalue weighted by atomic mass is 10.1. The molecule has 1 amide bonds. The molecule has 1 aromatic rings. The summed E-state index contributed by atoms with van der Waals surface area (Å²) in [5.41, 5.74) is 0.658. The predicted molar refractivity (Wildman–Crippen MR) is 81.5 cm³/mol. The number of fused-ring (bicyclic) bond motifs is 1. The Bertz CT molecular complexity index is 505. The Labute approximate surface area is 124 Å². The maximum Gasteiger partial charge on any atom is 0.410 e. The maximum atomic E-state index is 12.3. The van der Waals surface area contributed by atoms with Gasteiger partial charge in [-0.25, -0.2) is 9.78 Å². The quantitative estimate of drug-likeness (QED) is 0.799. The molecule has 1 aliphatic heterocycles. The van der Waals surface area contributed by atoms with Crippen LogP contribution in [-0.2, 0) is 11.2 Å². The van der Waals surface area contributed by atoms with Crippen LogP contribution in [0.15, 0.2) is 0 Å². The molecule has 1 aromatic heterocycles. The van der Waals surface area contributed by atoms with Crippen molar-refractivity contribution in [2.24, 2.45) is 0 Å². The Balaban J connectivity index is 2.19. The number of rotatable bonds is 1. The van der Waals surface area contributed by atoms with Crippen molar-refractivity contribution in [3.05, 3.63) is 10.6 Å². The molecule has 2 rings (SSSR count). The minimum Gasteiger partial charge on any atom is -0.444 e. The summed E-state index contributed by atoms with van der Waals surface area (Å²) in [6, 6.07) is 0.0276. The molecule has 5 nitrogen and oxygen atoms in total. The van der Waals surface area contributed by atoms with Gasteiger partial charge in [0.15, 0.2) is 5.13 Å². The first-order chi connectivity index (χ1) is 9.19. The average molecular weight is 297 g/mol. The van der Waals surface area contributed by atoms with Crippen LogP contribution in [0, 0.1) is 0 Å². The second-order valence-electron chi connectivity index (χ2n) is 6.30. The zero-order chi connectivity index (χ0) is 15.1. The highest BCUT2D eigenvalue weighted by Crippen LogP contribution is 2.37. The Hall–Kier alpha value is -1.30. The number of hydrogen-bond donors (Lipinski definition) is 0. The highest BCUT2D eigenvalue weighted by molar-refractivity contribution is 7.15. The lowest BCUT2D eigenvalue weighted by Crippen LogP contribution is -2.41. The molecule has 1 atom stereocenters. The second-order valence-corrected chi connectivity index (χ2v) is 7.31. The van der Waals surface area contributed by atoms with E-state index in [1.807, 2.05) is 46.7 Å². The van der Waals surface area contributed by atoms with Gasteiger partial charge < -0.3 is 14.5 Å². The fourth-order valence-electron chi connectivity index (χ4n) is 2.18. The van der Waals surface area contributed by atoms with Crippen molar-refractivity contribution in [1.82, 2.24) is 9.88 Å². The number of amides is 1. The van der Waals surface area contributed by atoms with E-state index in [1.165, 1.54) is 4.88 Å². The molecule has 0 aromatic carbocycles.